The molecule has 0 bridgehead atoms. The standard InChI is InChI=1S/C19H21N3O3/c1-13-3-2-4-14(9-13)10-20-17(23)12-25-18-8-7-16(11-21-18)22-19(24)15-5-6-15/h2-4,7-9,11,15H,5-6,10,12H2,1H3,(H,20,23)(H,22,24). The third-order valence-corrected chi connectivity index (χ3v) is 3.88. The Morgan fingerprint density at radius 1 is 1.24 bits per heavy atom. The fourth-order valence-corrected chi connectivity index (χ4v) is 2.34. The number of hydrogen-bond donors (Lipinski definition) is 2. The number of ether oxygens (including phenoxy) is 1. The van der Waals surface area contributed by atoms with Gasteiger partial charge in [0, 0.05) is 18.5 Å². The van der Waals surface area contributed by atoms with Gasteiger partial charge in [0.2, 0.25) is 11.8 Å². The Hall–Kier alpha value is -2.89. The van der Waals surface area contributed by atoms with Gasteiger partial charge < -0.3 is 15.4 Å². The van der Waals surface area contributed by atoms with Gasteiger partial charge in [0.05, 0.1) is 11.9 Å². The number of carbonyl (C=O) groups is 2. The van der Waals surface area contributed by atoms with Crippen LogP contribution in [0.1, 0.15) is 24.0 Å². The lowest BCUT2D eigenvalue weighted by Gasteiger charge is -2.08. The van der Waals surface area contributed by atoms with Crippen LogP contribution in [0.2, 0.25) is 0 Å². The Balaban J connectivity index is 1.41. The molecule has 1 heterocycles. The zero-order valence-electron chi connectivity index (χ0n) is 14.1. The van der Waals surface area contributed by atoms with Crippen LogP contribution in [0.3, 0.4) is 0 Å². The zero-order valence-corrected chi connectivity index (χ0v) is 14.1. The predicted octanol–water partition coefficient (Wildman–Crippen LogP) is 2.43. The molecule has 0 unspecified atom stereocenters. The van der Waals surface area contributed by atoms with E-state index < -0.39 is 0 Å². The first-order chi connectivity index (χ1) is 12.1. The van der Waals surface area contributed by atoms with E-state index in [0.717, 1.165) is 24.0 Å². The minimum absolute atomic E-state index is 0.0333. The summed E-state index contributed by atoms with van der Waals surface area (Å²) in [6.45, 7) is 2.37. The van der Waals surface area contributed by atoms with Gasteiger partial charge in [0.25, 0.3) is 5.91 Å². The summed E-state index contributed by atoms with van der Waals surface area (Å²) in [5, 5.41) is 5.61. The minimum Gasteiger partial charge on any atom is -0.468 e. The zero-order chi connectivity index (χ0) is 17.6. The van der Waals surface area contributed by atoms with Gasteiger partial charge in [-0.05, 0) is 31.4 Å². The van der Waals surface area contributed by atoms with Crippen LogP contribution in [0.5, 0.6) is 5.88 Å². The number of aryl methyl sites for hydroxylation is 1. The Kier molecular flexibility index (Phi) is 5.28. The number of hydrogen-bond acceptors (Lipinski definition) is 4. The van der Waals surface area contributed by atoms with Crippen LogP contribution in [-0.4, -0.2) is 23.4 Å². The molecular formula is C19H21N3O3. The van der Waals surface area contributed by atoms with E-state index in [4.69, 9.17) is 4.74 Å². The summed E-state index contributed by atoms with van der Waals surface area (Å²) in [6, 6.07) is 11.3. The van der Waals surface area contributed by atoms with Crippen molar-refractivity contribution in [3.63, 3.8) is 0 Å². The summed E-state index contributed by atoms with van der Waals surface area (Å²) in [7, 11) is 0. The molecule has 0 radical (unpaired) electrons. The lowest BCUT2D eigenvalue weighted by atomic mass is 10.1. The first-order valence-electron chi connectivity index (χ1n) is 8.32. The Bertz CT molecular complexity index is 755. The van der Waals surface area contributed by atoms with E-state index in [1.54, 1.807) is 12.1 Å². The number of nitrogens with one attached hydrogen (secondary N) is 2. The maximum Gasteiger partial charge on any atom is 0.258 e. The third-order valence-electron chi connectivity index (χ3n) is 3.88. The Morgan fingerprint density at radius 3 is 2.76 bits per heavy atom. The van der Waals surface area contributed by atoms with Crippen molar-refractivity contribution in [1.29, 1.82) is 0 Å². The lowest BCUT2D eigenvalue weighted by molar-refractivity contribution is -0.123. The molecule has 25 heavy (non-hydrogen) atoms. The molecule has 0 saturated heterocycles. The van der Waals surface area contributed by atoms with Crippen molar-refractivity contribution in [2.24, 2.45) is 5.92 Å². The van der Waals surface area contributed by atoms with E-state index in [0.29, 0.717) is 18.1 Å². The predicted molar refractivity (Wildman–Crippen MR) is 94.1 cm³/mol. The van der Waals surface area contributed by atoms with Crippen molar-refractivity contribution >= 4 is 17.5 Å². The van der Waals surface area contributed by atoms with Crippen LogP contribution in [0, 0.1) is 12.8 Å². The van der Waals surface area contributed by atoms with E-state index in [2.05, 4.69) is 15.6 Å². The van der Waals surface area contributed by atoms with Crippen LogP contribution < -0.4 is 15.4 Å². The maximum atomic E-state index is 11.8. The van der Waals surface area contributed by atoms with Crippen molar-refractivity contribution in [2.45, 2.75) is 26.3 Å². The number of benzene rings is 1. The van der Waals surface area contributed by atoms with Crippen molar-refractivity contribution < 1.29 is 14.3 Å². The molecule has 1 aromatic carbocycles. The second kappa shape index (κ2) is 7.79. The molecule has 2 amide bonds. The molecule has 6 heteroatoms. The van der Waals surface area contributed by atoms with Gasteiger partial charge in [0.15, 0.2) is 6.61 Å². The van der Waals surface area contributed by atoms with E-state index in [-0.39, 0.29) is 24.3 Å². The number of rotatable bonds is 7. The van der Waals surface area contributed by atoms with Gasteiger partial charge in [-0.25, -0.2) is 4.98 Å². The quantitative estimate of drug-likeness (QED) is 0.812. The average molecular weight is 339 g/mol. The summed E-state index contributed by atoms with van der Waals surface area (Å²) < 4.78 is 5.36. The van der Waals surface area contributed by atoms with Crippen molar-refractivity contribution in [3.05, 3.63) is 53.7 Å². The number of aromatic nitrogens is 1. The van der Waals surface area contributed by atoms with E-state index in [9.17, 15) is 9.59 Å². The van der Waals surface area contributed by atoms with Crippen LogP contribution in [0.4, 0.5) is 5.69 Å². The highest BCUT2D eigenvalue weighted by Gasteiger charge is 2.29. The van der Waals surface area contributed by atoms with Gasteiger partial charge in [-0.15, -0.1) is 0 Å². The second-order valence-corrected chi connectivity index (χ2v) is 6.20. The van der Waals surface area contributed by atoms with Gasteiger partial charge >= 0.3 is 0 Å². The first-order valence-corrected chi connectivity index (χ1v) is 8.32. The summed E-state index contributed by atoms with van der Waals surface area (Å²) in [6.07, 6.45) is 3.44. The average Bonchev–Trinajstić information content (AvgIpc) is 3.44. The summed E-state index contributed by atoms with van der Waals surface area (Å²) >= 11 is 0. The van der Waals surface area contributed by atoms with E-state index >= 15 is 0 Å². The highest BCUT2D eigenvalue weighted by molar-refractivity contribution is 5.93. The van der Waals surface area contributed by atoms with E-state index in [1.807, 2.05) is 31.2 Å². The van der Waals surface area contributed by atoms with E-state index in [1.165, 1.54) is 6.20 Å². The van der Waals surface area contributed by atoms with Gasteiger partial charge in [-0.1, -0.05) is 29.8 Å². The number of pyridine rings is 1. The number of anilines is 1. The molecule has 2 aromatic rings. The molecule has 1 saturated carbocycles. The topological polar surface area (TPSA) is 80.3 Å². The summed E-state index contributed by atoms with van der Waals surface area (Å²) in [5.74, 6) is 0.309. The van der Waals surface area contributed by atoms with Crippen LogP contribution in [-0.2, 0) is 16.1 Å². The molecule has 1 aliphatic carbocycles. The largest absolute Gasteiger partial charge is 0.468 e. The molecule has 1 fully saturated rings. The third kappa shape index (κ3) is 5.31. The molecule has 130 valence electrons. The summed E-state index contributed by atoms with van der Waals surface area (Å²) in [4.78, 5) is 27.6. The van der Waals surface area contributed by atoms with Crippen molar-refractivity contribution in [2.75, 3.05) is 11.9 Å². The molecule has 0 atom stereocenters. The molecule has 0 aliphatic heterocycles. The van der Waals surface area contributed by atoms with Crippen LogP contribution in [0.25, 0.3) is 0 Å². The second-order valence-electron chi connectivity index (χ2n) is 6.20. The van der Waals surface area contributed by atoms with Crippen molar-refractivity contribution in [3.8, 4) is 5.88 Å². The molecule has 2 N–H and O–H groups in total. The minimum atomic E-state index is -0.214. The number of carbonyl (C=O) groups excluding carboxylic acids is 2. The van der Waals surface area contributed by atoms with Gasteiger partial charge in [0.1, 0.15) is 0 Å². The normalized spacial score (nSPS) is 13.2. The smallest absolute Gasteiger partial charge is 0.258 e. The van der Waals surface area contributed by atoms with Gasteiger partial charge in [-0.2, -0.15) is 0 Å². The number of nitrogens with zero attached hydrogens (tertiary/aromatic N) is 1. The Morgan fingerprint density at radius 2 is 2.08 bits per heavy atom. The SMILES string of the molecule is Cc1cccc(CNC(=O)COc2ccc(NC(=O)C3CC3)cn2)c1. The van der Waals surface area contributed by atoms with Crippen LogP contribution in [0.15, 0.2) is 42.6 Å². The maximum absolute atomic E-state index is 11.8. The molecule has 6 nitrogen and oxygen atoms in total. The summed E-state index contributed by atoms with van der Waals surface area (Å²) in [5.41, 5.74) is 2.83. The molecular weight excluding hydrogens is 318 g/mol. The van der Waals surface area contributed by atoms with Crippen LogP contribution >= 0.6 is 0 Å². The Labute approximate surface area is 146 Å². The molecule has 3 rings (SSSR count). The fraction of sp³-hybridized carbons (Fsp3) is 0.316. The van der Waals surface area contributed by atoms with Crippen molar-refractivity contribution in [1.82, 2.24) is 10.3 Å². The monoisotopic (exact) mass is 339 g/mol. The highest BCUT2D eigenvalue weighted by Crippen LogP contribution is 2.30. The van der Waals surface area contributed by atoms with Gasteiger partial charge in [-0.3, -0.25) is 9.59 Å². The lowest BCUT2D eigenvalue weighted by Crippen LogP contribution is -2.28. The highest BCUT2D eigenvalue weighted by atomic mass is 16.5. The molecule has 0 spiro atoms. The first kappa shape index (κ1) is 17.0. The molecule has 1 aliphatic rings. The fourth-order valence-electron chi connectivity index (χ4n) is 2.34. The molecule has 1 aromatic heterocycles. The number of amides is 2.